The SMILES string of the molecule is NCOc1ccc(C(=O)N2CC3CNCC3C2)o1. The van der Waals surface area contributed by atoms with Crippen LogP contribution in [0.5, 0.6) is 5.95 Å². The van der Waals surface area contributed by atoms with Gasteiger partial charge in [0.1, 0.15) is 6.73 Å². The van der Waals surface area contributed by atoms with E-state index in [9.17, 15) is 4.79 Å². The zero-order valence-corrected chi connectivity index (χ0v) is 10.1. The van der Waals surface area contributed by atoms with E-state index in [0.29, 0.717) is 23.5 Å². The highest BCUT2D eigenvalue weighted by atomic mass is 16.6. The van der Waals surface area contributed by atoms with Crippen molar-refractivity contribution in [3.63, 3.8) is 0 Å². The number of nitrogens with one attached hydrogen (secondary N) is 1. The van der Waals surface area contributed by atoms with E-state index in [1.54, 1.807) is 12.1 Å². The van der Waals surface area contributed by atoms with Gasteiger partial charge in [0.25, 0.3) is 11.9 Å². The minimum absolute atomic E-state index is 0.0423. The first-order valence-electron chi connectivity index (χ1n) is 6.20. The molecule has 1 aromatic rings. The Morgan fingerprint density at radius 1 is 1.44 bits per heavy atom. The summed E-state index contributed by atoms with van der Waals surface area (Å²) in [5.74, 6) is 1.73. The number of hydrogen-bond donors (Lipinski definition) is 2. The molecule has 98 valence electrons. The molecule has 2 atom stereocenters. The van der Waals surface area contributed by atoms with Crippen molar-refractivity contribution >= 4 is 5.91 Å². The molecule has 2 saturated heterocycles. The van der Waals surface area contributed by atoms with Crippen molar-refractivity contribution in [3.8, 4) is 5.95 Å². The van der Waals surface area contributed by atoms with Crippen LogP contribution < -0.4 is 15.8 Å². The predicted octanol–water partition coefficient (Wildman–Crippen LogP) is -0.134. The fourth-order valence-electron chi connectivity index (χ4n) is 2.77. The highest BCUT2D eigenvalue weighted by Gasteiger charge is 2.38. The molecule has 0 radical (unpaired) electrons. The average Bonchev–Trinajstić information content (AvgIpc) is 3.02. The van der Waals surface area contributed by atoms with E-state index >= 15 is 0 Å². The molecular formula is C12H17N3O3. The van der Waals surface area contributed by atoms with Crippen LogP contribution >= 0.6 is 0 Å². The molecule has 0 spiro atoms. The minimum Gasteiger partial charge on any atom is -0.449 e. The van der Waals surface area contributed by atoms with E-state index in [1.165, 1.54) is 0 Å². The third kappa shape index (κ3) is 1.97. The Kier molecular flexibility index (Phi) is 2.97. The number of nitrogens with zero attached hydrogens (tertiary/aromatic N) is 1. The number of nitrogens with two attached hydrogens (primary N) is 1. The van der Waals surface area contributed by atoms with Crippen LogP contribution in [0.4, 0.5) is 0 Å². The lowest BCUT2D eigenvalue weighted by Crippen LogP contribution is -2.31. The van der Waals surface area contributed by atoms with Gasteiger partial charge >= 0.3 is 0 Å². The van der Waals surface area contributed by atoms with Gasteiger partial charge in [0.05, 0.1) is 0 Å². The number of furan rings is 1. The average molecular weight is 251 g/mol. The maximum absolute atomic E-state index is 12.2. The minimum atomic E-state index is -0.0590. The van der Waals surface area contributed by atoms with Gasteiger partial charge in [-0.2, -0.15) is 0 Å². The maximum atomic E-state index is 12.2. The second-order valence-corrected chi connectivity index (χ2v) is 4.82. The van der Waals surface area contributed by atoms with Crippen molar-refractivity contribution in [3.05, 3.63) is 17.9 Å². The summed E-state index contributed by atoms with van der Waals surface area (Å²) in [5, 5.41) is 3.35. The summed E-state index contributed by atoms with van der Waals surface area (Å²) in [7, 11) is 0. The second kappa shape index (κ2) is 4.62. The molecule has 1 aromatic heterocycles. The molecule has 0 bridgehead atoms. The van der Waals surface area contributed by atoms with Crippen LogP contribution in [0.1, 0.15) is 10.6 Å². The molecule has 6 heteroatoms. The number of hydrogen-bond acceptors (Lipinski definition) is 5. The zero-order valence-electron chi connectivity index (χ0n) is 10.1. The standard InChI is InChI=1S/C12H17N3O3/c13-7-17-11-2-1-10(18-11)12(16)15-5-8-3-14-4-9(8)6-15/h1-2,8-9,14H,3-7,13H2. The lowest BCUT2D eigenvalue weighted by molar-refractivity contribution is 0.0741. The van der Waals surface area contributed by atoms with Gasteiger partial charge in [0, 0.05) is 32.2 Å². The Morgan fingerprint density at radius 2 is 2.17 bits per heavy atom. The van der Waals surface area contributed by atoms with E-state index in [4.69, 9.17) is 14.9 Å². The van der Waals surface area contributed by atoms with Crippen LogP contribution in [0.15, 0.2) is 16.5 Å². The largest absolute Gasteiger partial charge is 0.449 e. The van der Waals surface area contributed by atoms with E-state index in [2.05, 4.69) is 5.32 Å². The molecule has 0 saturated carbocycles. The Bertz CT molecular complexity index is 434. The van der Waals surface area contributed by atoms with Gasteiger partial charge in [-0.25, -0.2) is 0 Å². The molecule has 0 aromatic carbocycles. The van der Waals surface area contributed by atoms with Crippen LogP contribution in [0.3, 0.4) is 0 Å². The lowest BCUT2D eigenvalue weighted by atomic mass is 10.0. The molecule has 3 heterocycles. The third-order valence-corrected chi connectivity index (χ3v) is 3.69. The van der Waals surface area contributed by atoms with Crippen LogP contribution in [0, 0.1) is 11.8 Å². The fourth-order valence-corrected chi connectivity index (χ4v) is 2.77. The number of ether oxygens (including phenoxy) is 1. The Labute approximate surface area is 105 Å². The normalized spacial score (nSPS) is 26.4. The fraction of sp³-hybridized carbons (Fsp3) is 0.583. The van der Waals surface area contributed by atoms with Gasteiger partial charge in [-0.15, -0.1) is 0 Å². The summed E-state index contributed by atoms with van der Waals surface area (Å²) in [6.45, 7) is 3.68. The molecule has 2 aliphatic heterocycles. The first-order valence-corrected chi connectivity index (χ1v) is 6.20. The summed E-state index contributed by atoms with van der Waals surface area (Å²) in [6.07, 6.45) is 0. The number of amides is 1. The smallest absolute Gasteiger partial charge is 0.289 e. The molecule has 2 unspecified atom stereocenters. The molecule has 1 amide bonds. The van der Waals surface area contributed by atoms with Crippen molar-refractivity contribution in [2.75, 3.05) is 32.9 Å². The van der Waals surface area contributed by atoms with Crippen LogP contribution in [-0.2, 0) is 0 Å². The number of fused-ring (bicyclic) bond motifs is 1. The number of likely N-dealkylation sites (tertiary alicyclic amines) is 1. The van der Waals surface area contributed by atoms with E-state index in [0.717, 1.165) is 26.2 Å². The second-order valence-electron chi connectivity index (χ2n) is 4.82. The number of carbonyl (C=O) groups is 1. The zero-order chi connectivity index (χ0) is 12.5. The first-order chi connectivity index (χ1) is 8.78. The molecule has 0 aliphatic carbocycles. The molecule has 18 heavy (non-hydrogen) atoms. The number of rotatable bonds is 3. The van der Waals surface area contributed by atoms with Crippen molar-refractivity contribution in [2.24, 2.45) is 17.6 Å². The third-order valence-electron chi connectivity index (χ3n) is 3.69. The molecule has 6 nitrogen and oxygen atoms in total. The Morgan fingerprint density at radius 3 is 2.83 bits per heavy atom. The van der Waals surface area contributed by atoms with Crippen LogP contribution in [-0.4, -0.2) is 43.7 Å². The molecular weight excluding hydrogens is 234 g/mol. The first kappa shape index (κ1) is 11.6. The van der Waals surface area contributed by atoms with E-state index < -0.39 is 0 Å². The predicted molar refractivity (Wildman–Crippen MR) is 64.1 cm³/mol. The van der Waals surface area contributed by atoms with Crippen molar-refractivity contribution in [1.82, 2.24) is 10.2 Å². The van der Waals surface area contributed by atoms with Gasteiger partial charge in [-0.1, -0.05) is 0 Å². The molecule has 3 rings (SSSR count). The number of carbonyl (C=O) groups excluding carboxylic acids is 1. The Balaban J connectivity index is 1.67. The molecule has 3 N–H and O–H groups in total. The monoisotopic (exact) mass is 251 g/mol. The van der Waals surface area contributed by atoms with Gasteiger partial charge in [0.2, 0.25) is 0 Å². The lowest BCUT2D eigenvalue weighted by Gasteiger charge is -2.15. The van der Waals surface area contributed by atoms with E-state index in [-0.39, 0.29) is 12.6 Å². The van der Waals surface area contributed by atoms with Crippen molar-refractivity contribution < 1.29 is 13.9 Å². The quantitative estimate of drug-likeness (QED) is 0.731. The highest BCUT2D eigenvalue weighted by Crippen LogP contribution is 2.28. The summed E-state index contributed by atoms with van der Waals surface area (Å²) < 4.78 is 10.3. The Hall–Kier alpha value is -1.53. The molecule has 2 aliphatic rings. The summed E-state index contributed by atoms with van der Waals surface area (Å²) >= 11 is 0. The van der Waals surface area contributed by atoms with Gasteiger partial charge < -0.3 is 19.4 Å². The summed E-state index contributed by atoms with van der Waals surface area (Å²) in [5.41, 5.74) is 5.25. The highest BCUT2D eigenvalue weighted by molar-refractivity contribution is 5.91. The van der Waals surface area contributed by atoms with Gasteiger partial charge in [-0.05, 0) is 17.9 Å². The van der Waals surface area contributed by atoms with Crippen molar-refractivity contribution in [2.45, 2.75) is 0 Å². The van der Waals surface area contributed by atoms with Crippen LogP contribution in [0.25, 0.3) is 0 Å². The van der Waals surface area contributed by atoms with Gasteiger partial charge in [0.15, 0.2) is 5.76 Å². The van der Waals surface area contributed by atoms with Crippen molar-refractivity contribution in [1.29, 1.82) is 0 Å². The maximum Gasteiger partial charge on any atom is 0.289 e. The topological polar surface area (TPSA) is 80.7 Å². The van der Waals surface area contributed by atoms with Gasteiger partial charge in [-0.3, -0.25) is 10.5 Å². The van der Waals surface area contributed by atoms with E-state index in [1.807, 2.05) is 4.90 Å². The summed E-state index contributed by atoms with van der Waals surface area (Å²) in [6, 6.07) is 3.26. The summed E-state index contributed by atoms with van der Waals surface area (Å²) in [4.78, 5) is 14.1. The van der Waals surface area contributed by atoms with Crippen LogP contribution in [0.2, 0.25) is 0 Å². The molecule has 2 fully saturated rings.